The predicted octanol–water partition coefficient (Wildman–Crippen LogP) is 0.446. The first-order chi connectivity index (χ1) is 9.72. The molecule has 0 saturated heterocycles. The van der Waals surface area contributed by atoms with E-state index in [2.05, 4.69) is 10.2 Å². The Morgan fingerprint density at radius 2 is 1.75 bits per heavy atom. The van der Waals surface area contributed by atoms with Crippen LogP contribution in [0.4, 0.5) is 0 Å². The average molecular weight is 267 g/mol. The molecule has 2 heterocycles. The largest absolute Gasteiger partial charge is 0.303 e. The molecule has 0 fully saturated rings. The Hall–Kier alpha value is -3.01. The summed E-state index contributed by atoms with van der Waals surface area (Å²) in [6.07, 6.45) is 1.40. The summed E-state index contributed by atoms with van der Waals surface area (Å²) < 4.78 is 1.50. The van der Waals surface area contributed by atoms with Crippen molar-refractivity contribution in [3.63, 3.8) is 0 Å². The van der Waals surface area contributed by atoms with Crippen LogP contribution in [0.1, 0.15) is 26.5 Å². The fraction of sp³-hybridized carbons (Fsp3) is 0.154. The number of aromatic nitrogens is 3. The highest BCUT2D eigenvalue weighted by molar-refractivity contribution is 6.21. The van der Waals surface area contributed by atoms with Gasteiger partial charge < -0.3 is 4.57 Å². The molecule has 1 aromatic carbocycles. The van der Waals surface area contributed by atoms with E-state index in [4.69, 9.17) is 5.26 Å². The third-order valence-corrected chi connectivity index (χ3v) is 3.16. The Morgan fingerprint density at radius 3 is 2.35 bits per heavy atom. The second kappa shape index (κ2) is 4.59. The Morgan fingerprint density at radius 1 is 1.10 bits per heavy atom. The van der Waals surface area contributed by atoms with Gasteiger partial charge in [0.25, 0.3) is 11.8 Å². The van der Waals surface area contributed by atoms with Gasteiger partial charge in [-0.25, -0.2) is 0 Å². The van der Waals surface area contributed by atoms with Crippen LogP contribution in [-0.2, 0) is 6.54 Å². The van der Waals surface area contributed by atoms with Gasteiger partial charge in [-0.1, -0.05) is 12.1 Å². The lowest BCUT2D eigenvalue weighted by Gasteiger charge is -2.13. The Balaban J connectivity index is 1.79. The van der Waals surface area contributed by atoms with Crippen LogP contribution in [-0.4, -0.2) is 38.0 Å². The number of carbonyl (C=O) groups is 2. The van der Waals surface area contributed by atoms with Crippen molar-refractivity contribution >= 4 is 11.8 Å². The molecule has 1 aliphatic heterocycles. The van der Waals surface area contributed by atoms with Gasteiger partial charge >= 0.3 is 0 Å². The summed E-state index contributed by atoms with van der Waals surface area (Å²) in [6.45, 7) is 0.473. The van der Waals surface area contributed by atoms with Gasteiger partial charge in [-0.3, -0.25) is 14.5 Å². The summed E-state index contributed by atoms with van der Waals surface area (Å²) in [6, 6.07) is 8.61. The van der Waals surface area contributed by atoms with E-state index in [0.29, 0.717) is 17.7 Å². The summed E-state index contributed by atoms with van der Waals surface area (Å²) in [5.41, 5.74) is 0.837. The molecule has 3 rings (SSSR count). The summed E-state index contributed by atoms with van der Waals surface area (Å²) >= 11 is 0. The van der Waals surface area contributed by atoms with Crippen molar-refractivity contribution in [2.45, 2.75) is 6.54 Å². The van der Waals surface area contributed by atoms with Crippen molar-refractivity contribution < 1.29 is 9.59 Å². The molecule has 0 aliphatic carbocycles. The van der Waals surface area contributed by atoms with Gasteiger partial charge in [0, 0.05) is 13.1 Å². The molecule has 0 N–H and O–H groups in total. The van der Waals surface area contributed by atoms with Gasteiger partial charge in [0.2, 0.25) is 5.82 Å². The molecule has 1 aliphatic rings. The normalized spacial score (nSPS) is 13.4. The third-order valence-electron chi connectivity index (χ3n) is 3.16. The van der Waals surface area contributed by atoms with Crippen molar-refractivity contribution in [3.8, 4) is 6.07 Å². The van der Waals surface area contributed by atoms with Crippen LogP contribution in [0.3, 0.4) is 0 Å². The number of amides is 2. The molecule has 0 radical (unpaired) electrons. The van der Waals surface area contributed by atoms with Crippen molar-refractivity contribution in [1.29, 1.82) is 5.26 Å². The molecule has 98 valence electrons. The van der Waals surface area contributed by atoms with Gasteiger partial charge in [0.1, 0.15) is 12.4 Å². The van der Waals surface area contributed by atoms with E-state index in [9.17, 15) is 9.59 Å². The van der Waals surface area contributed by atoms with E-state index >= 15 is 0 Å². The van der Waals surface area contributed by atoms with Gasteiger partial charge in [0.15, 0.2) is 0 Å². The maximum atomic E-state index is 12.1. The van der Waals surface area contributed by atoms with E-state index < -0.39 is 0 Å². The molecule has 2 aromatic rings. The standard InChI is InChI=1S/C13H9N5O2/c14-7-11-16-15-8-17(11)5-6-18-12(19)9-3-1-2-4-10(9)13(18)20/h1-4,8H,5-6H2. The third kappa shape index (κ3) is 1.75. The number of hydrogen-bond donors (Lipinski definition) is 0. The first kappa shape index (κ1) is 12.0. The van der Waals surface area contributed by atoms with Crippen molar-refractivity contribution in [3.05, 3.63) is 47.5 Å². The quantitative estimate of drug-likeness (QED) is 0.753. The van der Waals surface area contributed by atoms with Crippen LogP contribution in [0.2, 0.25) is 0 Å². The number of hydrogen-bond acceptors (Lipinski definition) is 5. The molecule has 0 atom stereocenters. The molecular weight excluding hydrogens is 258 g/mol. The van der Waals surface area contributed by atoms with Gasteiger partial charge in [-0.2, -0.15) is 5.26 Å². The van der Waals surface area contributed by atoms with Crippen LogP contribution in [0, 0.1) is 11.3 Å². The van der Waals surface area contributed by atoms with Crippen LogP contribution in [0.5, 0.6) is 0 Å². The number of fused-ring (bicyclic) bond motifs is 1. The zero-order chi connectivity index (χ0) is 14.1. The summed E-state index contributed by atoms with van der Waals surface area (Å²) in [5.74, 6) is -0.462. The lowest BCUT2D eigenvalue weighted by atomic mass is 10.1. The minimum Gasteiger partial charge on any atom is -0.303 e. The Bertz CT molecular complexity index is 708. The second-order valence-corrected chi connectivity index (χ2v) is 4.27. The number of nitriles is 1. The van der Waals surface area contributed by atoms with Gasteiger partial charge in [-0.05, 0) is 12.1 Å². The van der Waals surface area contributed by atoms with Crippen LogP contribution in [0.25, 0.3) is 0 Å². The van der Waals surface area contributed by atoms with Gasteiger partial charge in [-0.15, -0.1) is 10.2 Å². The highest BCUT2D eigenvalue weighted by Gasteiger charge is 2.34. The predicted molar refractivity (Wildman–Crippen MR) is 66.5 cm³/mol. The van der Waals surface area contributed by atoms with Gasteiger partial charge in [0.05, 0.1) is 11.1 Å². The highest BCUT2D eigenvalue weighted by atomic mass is 16.2. The minimum absolute atomic E-state index is 0.154. The SMILES string of the molecule is N#Cc1nncn1CCN1C(=O)c2ccccc2C1=O. The first-order valence-electron chi connectivity index (χ1n) is 5.95. The van der Waals surface area contributed by atoms with Crippen LogP contribution < -0.4 is 0 Å². The maximum absolute atomic E-state index is 12.1. The maximum Gasteiger partial charge on any atom is 0.261 e. The van der Waals surface area contributed by atoms with Crippen LogP contribution in [0.15, 0.2) is 30.6 Å². The molecule has 2 amide bonds. The van der Waals surface area contributed by atoms with E-state index in [1.165, 1.54) is 15.8 Å². The van der Waals surface area contributed by atoms with E-state index in [1.54, 1.807) is 24.3 Å². The minimum atomic E-state index is -0.308. The molecule has 7 nitrogen and oxygen atoms in total. The molecule has 7 heteroatoms. The molecule has 0 saturated carbocycles. The molecule has 0 spiro atoms. The molecule has 1 aromatic heterocycles. The van der Waals surface area contributed by atoms with Crippen LogP contribution >= 0.6 is 0 Å². The van der Waals surface area contributed by atoms with Crippen molar-refractivity contribution in [1.82, 2.24) is 19.7 Å². The number of imide groups is 1. The van der Waals surface area contributed by atoms with E-state index in [-0.39, 0.29) is 24.2 Å². The zero-order valence-electron chi connectivity index (χ0n) is 10.4. The number of benzene rings is 1. The summed E-state index contributed by atoms with van der Waals surface area (Å²) in [4.78, 5) is 25.4. The number of rotatable bonds is 3. The number of carbonyl (C=O) groups excluding carboxylic acids is 2. The number of nitrogens with zero attached hydrogens (tertiary/aromatic N) is 5. The topological polar surface area (TPSA) is 91.9 Å². The fourth-order valence-electron chi connectivity index (χ4n) is 2.16. The van der Waals surface area contributed by atoms with Crippen molar-refractivity contribution in [2.24, 2.45) is 0 Å². The average Bonchev–Trinajstić information content (AvgIpc) is 3.02. The molecule has 20 heavy (non-hydrogen) atoms. The molecular formula is C13H9N5O2. The Labute approximate surface area is 114 Å². The monoisotopic (exact) mass is 267 g/mol. The smallest absolute Gasteiger partial charge is 0.261 e. The highest BCUT2D eigenvalue weighted by Crippen LogP contribution is 2.22. The molecule has 0 bridgehead atoms. The lowest BCUT2D eigenvalue weighted by Crippen LogP contribution is -2.33. The first-order valence-corrected chi connectivity index (χ1v) is 5.95. The van der Waals surface area contributed by atoms with Crippen molar-refractivity contribution in [2.75, 3.05) is 6.54 Å². The second-order valence-electron chi connectivity index (χ2n) is 4.27. The zero-order valence-corrected chi connectivity index (χ0v) is 10.4. The summed E-state index contributed by atoms with van der Waals surface area (Å²) in [7, 11) is 0. The summed E-state index contributed by atoms with van der Waals surface area (Å²) in [5, 5.41) is 16.1. The van der Waals surface area contributed by atoms with E-state index in [1.807, 2.05) is 6.07 Å². The fourth-order valence-corrected chi connectivity index (χ4v) is 2.16. The molecule has 0 unspecified atom stereocenters. The Kier molecular flexibility index (Phi) is 2.76. The van der Waals surface area contributed by atoms with E-state index in [0.717, 1.165) is 0 Å². The lowest BCUT2D eigenvalue weighted by molar-refractivity contribution is 0.0649.